The molecule has 110 valence electrons. The summed E-state index contributed by atoms with van der Waals surface area (Å²) >= 11 is 0. The van der Waals surface area contributed by atoms with E-state index < -0.39 is 22.0 Å². The van der Waals surface area contributed by atoms with Crippen LogP contribution in [0.4, 0.5) is 0 Å². The number of aliphatic carboxylic acids is 1. The van der Waals surface area contributed by atoms with Gasteiger partial charge in [0.15, 0.2) is 0 Å². The topological polar surface area (TPSA) is 109 Å². The molecule has 0 saturated heterocycles. The van der Waals surface area contributed by atoms with E-state index in [4.69, 9.17) is 10.8 Å². The van der Waals surface area contributed by atoms with Gasteiger partial charge in [-0.1, -0.05) is 24.3 Å². The normalized spacial score (nSPS) is 19.6. The number of aryl methyl sites for hydroxylation is 1. The van der Waals surface area contributed by atoms with Crippen molar-refractivity contribution in [2.75, 3.05) is 5.75 Å². The van der Waals surface area contributed by atoms with E-state index >= 15 is 0 Å². The number of rotatable bonds is 6. The lowest BCUT2D eigenvalue weighted by Crippen LogP contribution is -2.36. The minimum Gasteiger partial charge on any atom is -0.480 e. The molecule has 0 aromatic heterocycles. The molecule has 2 atom stereocenters. The number of sulfonamides is 1. The van der Waals surface area contributed by atoms with Gasteiger partial charge in [-0.3, -0.25) is 4.79 Å². The number of nitrogens with one attached hydrogen (secondary N) is 1. The first kappa shape index (κ1) is 15.0. The highest BCUT2D eigenvalue weighted by Gasteiger charge is 2.26. The maximum absolute atomic E-state index is 12.0. The molecule has 1 unspecified atom stereocenters. The van der Waals surface area contributed by atoms with Gasteiger partial charge in [0, 0.05) is 6.04 Å². The number of hydrogen-bond acceptors (Lipinski definition) is 4. The van der Waals surface area contributed by atoms with Crippen LogP contribution in [0.1, 0.15) is 30.0 Å². The summed E-state index contributed by atoms with van der Waals surface area (Å²) in [6.45, 7) is 0. The van der Waals surface area contributed by atoms with Gasteiger partial charge < -0.3 is 10.8 Å². The first-order valence-electron chi connectivity index (χ1n) is 6.45. The molecular weight excluding hydrogens is 280 g/mol. The number of nitrogens with two attached hydrogens (primary N) is 1. The first-order valence-corrected chi connectivity index (χ1v) is 8.10. The van der Waals surface area contributed by atoms with Gasteiger partial charge in [-0.25, -0.2) is 13.1 Å². The zero-order valence-electron chi connectivity index (χ0n) is 11.0. The number of fused-ring (bicyclic) bond motifs is 1. The quantitative estimate of drug-likeness (QED) is 0.704. The van der Waals surface area contributed by atoms with Crippen LogP contribution in [0.3, 0.4) is 0 Å². The van der Waals surface area contributed by atoms with Gasteiger partial charge >= 0.3 is 5.97 Å². The Kier molecular flexibility index (Phi) is 4.42. The molecule has 0 radical (unpaired) electrons. The second-order valence-corrected chi connectivity index (χ2v) is 6.83. The van der Waals surface area contributed by atoms with E-state index in [0.29, 0.717) is 0 Å². The van der Waals surface area contributed by atoms with E-state index in [1.54, 1.807) is 0 Å². The van der Waals surface area contributed by atoms with Crippen molar-refractivity contribution in [2.24, 2.45) is 5.73 Å². The fourth-order valence-electron chi connectivity index (χ4n) is 2.36. The van der Waals surface area contributed by atoms with Crippen LogP contribution in [0.5, 0.6) is 0 Å². The first-order chi connectivity index (χ1) is 9.39. The highest BCUT2D eigenvalue weighted by Crippen LogP contribution is 2.31. The van der Waals surface area contributed by atoms with Crippen LogP contribution in [-0.2, 0) is 21.2 Å². The molecule has 1 aromatic carbocycles. The van der Waals surface area contributed by atoms with Gasteiger partial charge in [0.05, 0.1) is 5.75 Å². The Morgan fingerprint density at radius 1 is 1.45 bits per heavy atom. The third-order valence-electron chi connectivity index (χ3n) is 3.47. The predicted molar refractivity (Wildman–Crippen MR) is 74.7 cm³/mol. The molecule has 1 aliphatic rings. The third-order valence-corrected chi connectivity index (χ3v) is 4.89. The fraction of sp³-hybridized carbons (Fsp3) is 0.462. The molecule has 4 N–H and O–H groups in total. The summed E-state index contributed by atoms with van der Waals surface area (Å²) in [6, 6.07) is 6.34. The summed E-state index contributed by atoms with van der Waals surface area (Å²) in [5.41, 5.74) is 7.47. The van der Waals surface area contributed by atoms with Crippen molar-refractivity contribution in [2.45, 2.75) is 31.3 Å². The molecule has 0 bridgehead atoms. The number of carbonyl (C=O) groups is 1. The van der Waals surface area contributed by atoms with E-state index in [9.17, 15) is 13.2 Å². The largest absolute Gasteiger partial charge is 0.480 e. The molecular formula is C13H18N2O4S. The summed E-state index contributed by atoms with van der Waals surface area (Å²) in [7, 11) is -3.53. The third kappa shape index (κ3) is 3.56. The summed E-state index contributed by atoms with van der Waals surface area (Å²) in [4.78, 5) is 10.6. The predicted octanol–water partition coefficient (Wildman–Crippen LogP) is 0.395. The van der Waals surface area contributed by atoms with Gasteiger partial charge in [-0.15, -0.1) is 0 Å². The Bertz CT molecular complexity index is 600. The molecule has 0 saturated carbocycles. The number of carboxylic acids is 1. The molecule has 2 rings (SSSR count). The van der Waals surface area contributed by atoms with Crippen molar-refractivity contribution in [1.29, 1.82) is 0 Å². The highest BCUT2D eigenvalue weighted by atomic mass is 32.2. The monoisotopic (exact) mass is 298 g/mol. The van der Waals surface area contributed by atoms with Crippen LogP contribution < -0.4 is 10.5 Å². The lowest BCUT2D eigenvalue weighted by molar-refractivity contribution is -0.138. The van der Waals surface area contributed by atoms with E-state index in [1.807, 2.05) is 24.3 Å². The molecule has 20 heavy (non-hydrogen) atoms. The molecule has 1 aromatic rings. The van der Waals surface area contributed by atoms with Crippen molar-refractivity contribution < 1.29 is 18.3 Å². The Morgan fingerprint density at radius 2 is 2.15 bits per heavy atom. The summed E-state index contributed by atoms with van der Waals surface area (Å²) in [6.07, 6.45) is 1.47. The van der Waals surface area contributed by atoms with E-state index in [0.717, 1.165) is 24.0 Å². The zero-order valence-corrected chi connectivity index (χ0v) is 11.8. The van der Waals surface area contributed by atoms with Crippen LogP contribution in [0, 0.1) is 0 Å². The van der Waals surface area contributed by atoms with E-state index in [2.05, 4.69) is 4.72 Å². The smallest absolute Gasteiger partial charge is 0.320 e. The van der Waals surface area contributed by atoms with Gasteiger partial charge in [-0.05, 0) is 30.4 Å². The molecule has 0 heterocycles. The Hall–Kier alpha value is -1.44. The molecule has 0 aliphatic heterocycles. The SMILES string of the molecule is N[C@@H](CCS(=O)(=O)NC1CCc2ccccc21)C(=O)O. The van der Waals surface area contributed by atoms with Gasteiger partial charge in [0.25, 0.3) is 0 Å². The number of hydrogen-bond donors (Lipinski definition) is 3. The van der Waals surface area contributed by atoms with Crippen molar-refractivity contribution in [3.05, 3.63) is 35.4 Å². The molecule has 0 amide bonds. The maximum atomic E-state index is 12.0. The lowest BCUT2D eigenvalue weighted by atomic mass is 10.1. The molecule has 6 nitrogen and oxygen atoms in total. The molecule has 1 aliphatic carbocycles. The van der Waals surface area contributed by atoms with Crippen molar-refractivity contribution in [3.63, 3.8) is 0 Å². The van der Waals surface area contributed by atoms with Crippen molar-refractivity contribution in [1.82, 2.24) is 4.72 Å². The van der Waals surface area contributed by atoms with Crippen LogP contribution in [0.2, 0.25) is 0 Å². The minimum absolute atomic E-state index is 0.0982. The summed E-state index contributed by atoms with van der Waals surface area (Å²) in [5, 5.41) is 8.65. The average Bonchev–Trinajstić information content (AvgIpc) is 2.79. The van der Waals surface area contributed by atoms with Crippen LogP contribution in [-0.4, -0.2) is 31.3 Å². The van der Waals surface area contributed by atoms with Crippen molar-refractivity contribution in [3.8, 4) is 0 Å². The maximum Gasteiger partial charge on any atom is 0.320 e. The Labute approximate surface area is 118 Å². The lowest BCUT2D eigenvalue weighted by Gasteiger charge is -2.15. The molecule has 0 fully saturated rings. The fourth-order valence-corrected chi connectivity index (χ4v) is 3.72. The number of benzene rings is 1. The van der Waals surface area contributed by atoms with Gasteiger partial charge in [0.2, 0.25) is 10.0 Å². The summed E-state index contributed by atoms with van der Waals surface area (Å²) < 4.78 is 26.6. The second-order valence-electron chi connectivity index (χ2n) is 4.96. The average molecular weight is 298 g/mol. The second kappa shape index (κ2) is 5.90. The van der Waals surface area contributed by atoms with E-state index in [-0.39, 0.29) is 18.2 Å². The highest BCUT2D eigenvalue weighted by molar-refractivity contribution is 7.89. The standard InChI is InChI=1S/C13H18N2O4S/c14-11(13(16)17)7-8-20(18,19)15-12-6-5-9-3-1-2-4-10(9)12/h1-4,11-12,15H,5-8,14H2,(H,16,17)/t11-,12?/m0/s1. The zero-order chi connectivity index (χ0) is 14.8. The number of carboxylic acid groups (broad SMARTS) is 1. The van der Waals surface area contributed by atoms with Gasteiger partial charge in [-0.2, -0.15) is 0 Å². The minimum atomic E-state index is -3.53. The molecule has 7 heteroatoms. The van der Waals surface area contributed by atoms with Crippen LogP contribution in [0.25, 0.3) is 0 Å². The van der Waals surface area contributed by atoms with Crippen molar-refractivity contribution >= 4 is 16.0 Å². The van der Waals surface area contributed by atoms with E-state index in [1.165, 1.54) is 0 Å². The van der Waals surface area contributed by atoms with Crippen LogP contribution in [0.15, 0.2) is 24.3 Å². The summed E-state index contributed by atoms with van der Waals surface area (Å²) in [5.74, 6) is -1.47. The van der Waals surface area contributed by atoms with Gasteiger partial charge in [0.1, 0.15) is 6.04 Å². The Balaban J connectivity index is 1.98. The van der Waals surface area contributed by atoms with Crippen LogP contribution >= 0.6 is 0 Å². The molecule has 0 spiro atoms. The Morgan fingerprint density at radius 3 is 2.85 bits per heavy atom.